The van der Waals surface area contributed by atoms with Crippen LogP contribution in [0, 0.1) is 5.41 Å². The molecule has 0 aromatic heterocycles. The highest BCUT2D eigenvalue weighted by Gasteiger charge is 2.64. The molecule has 1 aliphatic carbocycles. The Bertz CT molecular complexity index is 392. The minimum absolute atomic E-state index is 0.134. The molecular formula is C13H19IO6. The van der Waals surface area contributed by atoms with Gasteiger partial charge in [0.15, 0.2) is 5.79 Å². The number of alkyl halides is 1. The summed E-state index contributed by atoms with van der Waals surface area (Å²) in [7, 11) is 0. The van der Waals surface area contributed by atoms with Gasteiger partial charge in [-0.1, -0.05) is 22.6 Å². The molecule has 1 spiro atoms. The number of rotatable bonds is 3. The predicted octanol–water partition coefficient (Wildman–Crippen LogP) is 0.372. The lowest BCUT2D eigenvalue weighted by atomic mass is 9.62. The average Bonchev–Trinajstić information content (AvgIpc) is 2.86. The van der Waals surface area contributed by atoms with E-state index in [2.05, 4.69) is 22.6 Å². The van der Waals surface area contributed by atoms with Crippen LogP contribution in [0.1, 0.15) is 25.7 Å². The zero-order valence-corrected chi connectivity index (χ0v) is 13.2. The molecule has 2 saturated heterocycles. The van der Waals surface area contributed by atoms with Gasteiger partial charge in [0.05, 0.1) is 36.3 Å². The molecule has 1 saturated carbocycles. The number of hydrogen-bond donors (Lipinski definition) is 2. The van der Waals surface area contributed by atoms with Gasteiger partial charge >= 0.3 is 5.97 Å². The highest BCUT2D eigenvalue weighted by molar-refractivity contribution is 14.1. The molecule has 0 aromatic carbocycles. The van der Waals surface area contributed by atoms with E-state index in [0.717, 1.165) is 0 Å². The predicted molar refractivity (Wildman–Crippen MR) is 76.3 cm³/mol. The summed E-state index contributed by atoms with van der Waals surface area (Å²) in [5.74, 6) is -1.10. The van der Waals surface area contributed by atoms with Gasteiger partial charge in [-0.25, -0.2) is 0 Å². The maximum absolute atomic E-state index is 12.0. The Morgan fingerprint density at radius 2 is 2.05 bits per heavy atom. The number of halogens is 1. The van der Waals surface area contributed by atoms with Crippen LogP contribution in [-0.4, -0.2) is 57.9 Å². The SMILES string of the molecule is O=C1C[C@@]2(C[C@H](O)CO)C[C@@H](O1)[C@@H](I)CC21OCCO1. The third kappa shape index (κ3) is 2.27. The molecule has 0 aromatic rings. The van der Waals surface area contributed by atoms with Crippen molar-refractivity contribution in [2.45, 2.75) is 47.6 Å². The van der Waals surface area contributed by atoms with Gasteiger partial charge in [0.1, 0.15) is 6.10 Å². The van der Waals surface area contributed by atoms with Crippen molar-refractivity contribution in [3.63, 3.8) is 0 Å². The van der Waals surface area contributed by atoms with Gasteiger partial charge in [-0.05, 0) is 12.8 Å². The first-order valence-electron chi connectivity index (χ1n) is 6.91. The molecule has 0 radical (unpaired) electrons. The van der Waals surface area contributed by atoms with Crippen molar-refractivity contribution in [1.29, 1.82) is 0 Å². The largest absolute Gasteiger partial charge is 0.461 e. The number of carbonyl (C=O) groups is 1. The highest BCUT2D eigenvalue weighted by atomic mass is 127. The molecule has 6 nitrogen and oxygen atoms in total. The smallest absolute Gasteiger partial charge is 0.306 e. The number of hydrogen-bond acceptors (Lipinski definition) is 6. The highest BCUT2D eigenvalue weighted by Crippen LogP contribution is 2.58. The topological polar surface area (TPSA) is 85.2 Å². The molecule has 0 unspecified atom stereocenters. The lowest BCUT2D eigenvalue weighted by molar-refractivity contribution is -0.288. The molecular weight excluding hydrogens is 379 g/mol. The van der Waals surface area contributed by atoms with E-state index in [1.54, 1.807) is 0 Å². The Hall–Kier alpha value is 0.0400. The molecule has 114 valence electrons. The second kappa shape index (κ2) is 5.35. The summed E-state index contributed by atoms with van der Waals surface area (Å²) in [6.45, 7) is 0.672. The molecule has 2 heterocycles. The number of aliphatic hydroxyl groups excluding tert-OH is 2. The fourth-order valence-corrected chi connectivity index (χ4v) is 4.77. The zero-order chi connectivity index (χ0) is 14.4. The molecule has 3 rings (SSSR count). The van der Waals surface area contributed by atoms with Crippen molar-refractivity contribution in [3.05, 3.63) is 0 Å². The van der Waals surface area contributed by atoms with Gasteiger partial charge in [-0.15, -0.1) is 0 Å². The van der Waals surface area contributed by atoms with Gasteiger partial charge in [-0.2, -0.15) is 0 Å². The maximum atomic E-state index is 12.0. The van der Waals surface area contributed by atoms with Crippen LogP contribution in [0.25, 0.3) is 0 Å². The number of carbonyl (C=O) groups excluding carboxylic acids is 1. The Labute approximate surface area is 130 Å². The van der Waals surface area contributed by atoms with Crippen LogP contribution in [0.4, 0.5) is 0 Å². The Morgan fingerprint density at radius 1 is 1.35 bits per heavy atom. The van der Waals surface area contributed by atoms with E-state index in [9.17, 15) is 9.90 Å². The van der Waals surface area contributed by atoms with Gasteiger partial charge < -0.3 is 24.4 Å². The van der Waals surface area contributed by atoms with Crippen LogP contribution in [0.5, 0.6) is 0 Å². The lowest BCUT2D eigenvalue weighted by Crippen LogP contribution is -2.63. The Morgan fingerprint density at radius 3 is 2.70 bits per heavy atom. The van der Waals surface area contributed by atoms with E-state index in [-0.39, 0.29) is 29.0 Å². The van der Waals surface area contributed by atoms with Crippen LogP contribution in [-0.2, 0) is 19.0 Å². The molecule has 2 aliphatic heterocycles. The molecule has 0 amide bonds. The molecule has 3 fully saturated rings. The van der Waals surface area contributed by atoms with E-state index >= 15 is 0 Å². The molecule has 7 heteroatoms. The normalized spacial score (nSPS) is 40.6. The van der Waals surface area contributed by atoms with E-state index in [1.807, 2.05) is 0 Å². The van der Waals surface area contributed by atoms with E-state index in [1.165, 1.54) is 0 Å². The minimum Gasteiger partial charge on any atom is -0.461 e. The van der Waals surface area contributed by atoms with Crippen molar-refractivity contribution < 1.29 is 29.2 Å². The summed E-state index contributed by atoms with van der Waals surface area (Å²) >= 11 is 2.27. The summed E-state index contributed by atoms with van der Waals surface area (Å²) in [5.41, 5.74) is -0.604. The molecule has 20 heavy (non-hydrogen) atoms. The Kier molecular flexibility index (Phi) is 4.00. The van der Waals surface area contributed by atoms with Crippen LogP contribution >= 0.6 is 22.6 Å². The fourth-order valence-electron chi connectivity index (χ4n) is 3.79. The van der Waals surface area contributed by atoms with Crippen molar-refractivity contribution in [1.82, 2.24) is 0 Å². The van der Waals surface area contributed by atoms with Crippen molar-refractivity contribution >= 4 is 28.6 Å². The zero-order valence-electron chi connectivity index (χ0n) is 11.1. The van der Waals surface area contributed by atoms with E-state index < -0.39 is 17.3 Å². The van der Waals surface area contributed by atoms with Crippen LogP contribution in [0.2, 0.25) is 0 Å². The first-order chi connectivity index (χ1) is 9.50. The second-order valence-electron chi connectivity index (χ2n) is 5.90. The van der Waals surface area contributed by atoms with E-state index in [4.69, 9.17) is 19.3 Å². The van der Waals surface area contributed by atoms with Crippen LogP contribution in [0.15, 0.2) is 0 Å². The summed E-state index contributed by atoms with van der Waals surface area (Å²) in [6, 6.07) is 0. The van der Waals surface area contributed by atoms with Gasteiger partial charge in [0, 0.05) is 11.8 Å². The van der Waals surface area contributed by atoms with Gasteiger partial charge in [-0.3, -0.25) is 4.79 Å². The summed E-state index contributed by atoms with van der Waals surface area (Å²) in [5, 5.41) is 19.1. The van der Waals surface area contributed by atoms with Crippen LogP contribution < -0.4 is 0 Å². The summed E-state index contributed by atoms with van der Waals surface area (Å²) < 4.78 is 17.4. The number of esters is 1. The summed E-state index contributed by atoms with van der Waals surface area (Å²) in [4.78, 5) is 12.0. The monoisotopic (exact) mass is 398 g/mol. The van der Waals surface area contributed by atoms with Crippen molar-refractivity contribution in [2.24, 2.45) is 5.41 Å². The van der Waals surface area contributed by atoms with Crippen molar-refractivity contribution in [3.8, 4) is 0 Å². The first kappa shape index (κ1) is 15.0. The third-order valence-corrected chi connectivity index (χ3v) is 5.87. The quantitative estimate of drug-likeness (QED) is 0.406. The fraction of sp³-hybridized carbons (Fsp3) is 0.923. The first-order valence-corrected chi connectivity index (χ1v) is 8.15. The second-order valence-corrected chi connectivity index (χ2v) is 7.50. The Balaban J connectivity index is 1.96. The average molecular weight is 398 g/mol. The molecule has 4 atom stereocenters. The number of fused-ring (bicyclic) bond motifs is 3. The minimum atomic E-state index is -0.878. The van der Waals surface area contributed by atoms with Gasteiger partial charge in [0.2, 0.25) is 0 Å². The lowest BCUT2D eigenvalue weighted by Gasteiger charge is -2.55. The standard InChI is InChI=1S/C13H19IO6/c14-9-4-13(18-1-2-19-13)12(3-8(16)7-15)5-10(9)20-11(17)6-12/h8-10,15-16H,1-7H2/t8-,9-,10+,12+/m0/s1. The molecule has 2 bridgehead atoms. The number of aliphatic hydroxyl groups is 2. The molecule has 3 aliphatic rings. The molecule has 2 N–H and O–H groups in total. The maximum Gasteiger partial charge on any atom is 0.306 e. The summed E-state index contributed by atoms with van der Waals surface area (Å²) in [6.07, 6.45) is 0.674. The number of ether oxygens (including phenoxy) is 3. The van der Waals surface area contributed by atoms with Crippen molar-refractivity contribution in [2.75, 3.05) is 19.8 Å². The van der Waals surface area contributed by atoms with Gasteiger partial charge in [0.25, 0.3) is 0 Å². The van der Waals surface area contributed by atoms with Crippen LogP contribution in [0.3, 0.4) is 0 Å². The van der Waals surface area contributed by atoms with E-state index in [0.29, 0.717) is 32.5 Å². The third-order valence-electron chi connectivity index (χ3n) is 4.62.